The van der Waals surface area contributed by atoms with E-state index in [4.69, 9.17) is 0 Å². The van der Waals surface area contributed by atoms with Crippen molar-refractivity contribution in [1.82, 2.24) is 15.2 Å². The highest BCUT2D eigenvalue weighted by atomic mass is 16.2. The molecule has 1 aliphatic carbocycles. The summed E-state index contributed by atoms with van der Waals surface area (Å²) in [5.41, 5.74) is 1.02. The van der Waals surface area contributed by atoms with E-state index in [0.717, 1.165) is 18.4 Å². The van der Waals surface area contributed by atoms with Crippen LogP contribution in [0.5, 0.6) is 0 Å². The molecular formula is C15H19N3O2. The highest BCUT2D eigenvalue weighted by Gasteiger charge is 2.39. The highest BCUT2D eigenvalue weighted by molar-refractivity contribution is 5.89. The number of hydrogen-bond donors (Lipinski definition) is 1. The number of rotatable bonds is 4. The fourth-order valence-corrected chi connectivity index (χ4v) is 2.79. The molecule has 5 heteroatoms. The average Bonchev–Trinajstić information content (AvgIpc) is 2.78. The van der Waals surface area contributed by atoms with Crippen molar-refractivity contribution in [2.75, 3.05) is 6.54 Å². The summed E-state index contributed by atoms with van der Waals surface area (Å²) >= 11 is 0. The van der Waals surface area contributed by atoms with Gasteiger partial charge in [-0.15, -0.1) is 0 Å². The van der Waals surface area contributed by atoms with Crippen molar-refractivity contribution < 1.29 is 9.59 Å². The molecule has 1 saturated heterocycles. The van der Waals surface area contributed by atoms with E-state index in [-0.39, 0.29) is 17.7 Å². The van der Waals surface area contributed by atoms with Gasteiger partial charge in [-0.3, -0.25) is 14.6 Å². The average molecular weight is 273 g/mol. The van der Waals surface area contributed by atoms with Gasteiger partial charge in [0.2, 0.25) is 11.8 Å². The molecule has 106 valence electrons. The third-order valence-electron chi connectivity index (χ3n) is 4.26. The molecule has 1 aromatic rings. The minimum absolute atomic E-state index is 0.0167. The predicted octanol–water partition coefficient (Wildman–Crippen LogP) is 1.10. The number of nitrogens with one attached hydrogen (secondary N) is 1. The normalized spacial score (nSPS) is 22.7. The van der Waals surface area contributed by atoms with Gasteiger partial charge in [0.15, 0.2) is 0 Å². The molecule has 1 atom stereocenters. The molecular weight excluding hydrogens is 254 g/mol. The summed E-state index contributed by atoms with van der Waals surface area (Å²) in [7, 11) is 0. The zero-order valence-corrected chi connectivity index (χ0v) is 11.4. The second kappa shape index (κ2) is 5.61. The van der Waals surface area contributed by atoms with E-state index in [9.17, 15) is 9.59 Å². The van der Waals surface area contributed by atoms with Crippen LogP contribution in [-0.4, -0.2) is 34.3 Å². The van der Waals surface area contributed by atoms with Gasteiger partial charge in [0.25, 0.3) is 0 Å². The lowest BCUT2D eigenvalue weighted by atomic mass is 9.92. The summed E-state index contributed by atoms with van der Waals surface area (Å²) in [6.07, 6.45) is 7.16. The van der Waals surface area contributed by atoms with Crippen LogP contribution in [0.25, 0.3) is 0 Å². The van der Waals surface area contributed by atoms with E-state index in [0.29, 0.717) is 25.6 Å². The lowest BCUT2D eigenvalue weighted by molar-refractivity contribution is -0.131. The van der Waals surface area contributed by atoms with Crippen LogP contribution in [0.4, 0.5) is 0 Å². The van der Waals surface area contributed by atoms with E-state index in [1.54, 1.807) is 12.4 Å². The maximum absolute atomic E-state index is 12.1. The molecule has 1 unspecified atom stereocenters. The van der Waals surface area contributed by atoms with E-state index < -0.39 is 0 Å². The molecule has 0 spiro atoms. The van der Waals surface area contributed by atoms with Gasteiger partial charge >= 0.3 is 0 Å². The summed E-state index contributed by atoms with van der Waals surface area (Å²) < 4.78 is 0. The molecule has 0 radical (unpaired) electrons. The third kappa shape index (κ3) is 2.66. The van der Waals surface area contributed by atoms with Crippen LogP contribution in [0, 0.1) is 5.92 Å². The Hall–Kier alpha value is -1.91. The van der Waals surface area contributed by atoms with Crippen molar-refractivity contribution in [3.8, 4) is 0 Å². The van der Waals surface area contributed by atoms with Crippen LogP contribution in [0.15, 0.2) is 24.5 Å². The Bertz CT molecular complexity index is 499. The predicted molar refractivity (Wildman–Crippen MR) is 73.5 cm³/mol. The molecule has 1 saturated carbocycles. The number of carbonyl (C=O) groups is 2. The number of hydrogen-bond acceptors (Lipinski definition) is 3. The van der Waals surface area contributed by atoms with Gasteiger partial charge in [-0.25, -0.2) is 0 Å². The van der Waals surface area contributed by atoms with Crippen LogP contribution < -0.4 is 5.32 Å². The van der Waals surface area contributed by atoms with Crippen molar-refractivity contribution in [1.29, 1.82) is 0 Å². The Labute approximate surface area is 118 Å². The topological polar surface area (TPSA) is 62.3 Å². The molecule has 0 bridgehead atoms. The monoisotopic (exact) mass is 273 g/mol. The van der Waals surface area contributed by atoms with E-state index in [1.165, 1.54) is 6.42 Å². The maximum atomic E-state index is 12.1. The molecule has 1 N–H and O–H groups in total. The van der Waals surface area contributed by atoms with E-state index >= 15 is 0 Å². The fraction of sp³-hybridized carbons (Fsp3) is 0.533. The lowest BCUT2D eigenvalue weighted by Crippen LogP contribution is -2.42. The smallest absolute Gasteiger partial charge is 0.225 e. The van der Waals surface area contributed by atoms with Gasteiger partial charge in [0, 0.05) is 37.9 Å². The molecule has 20 heavy (non-hydrogen) atoms. The van der Waals surface area contributed by atoms with Crippen LogP contribution in [0.3, 0.4) is 0 Å². The number of pyridine rings is 1. The summed E-state index contributed by atoms with van der Waals surface area (Å²) in [6.45, 7) is 1.08. The maximum Gasteiger partial charge on any atom is 0.225 e. The molecule has 2 amide bonds. The van der Waals surface area contributed by atoms with Crippen molar-refractivity contribution in [3.05, 3.63) is 30.1 Å². The van der Waals surface area contributed by atoms with Gasteiger partial charge in [-0.1, -0.05) is 0 Å². The Morgan fingerprint density at radius 3 is 2.75 bits per heavy atom. The SMILES string of the molecule is O=C(NCc1ccncc1)C1CC(=O)N(C2CCC2)C1. The van der Waals surface area contributed by atoms with Gasteiger partial charge in [-0.05, 0) is 37.0 Å². The Balaban J connectivity index is 1.52. The van der Waals surface area contributed by atoms with Crippen LogP contribution >= 0.6 is 0 Å². The standard InChI is InChI=1S/C15H19N3O2/c19-14-8-12(10-18(14)13-2-1-3-13)15(20)17-9-11-4-6-16-7-5-11/h4-7,12-13H,1-3,8-10H2,(H,17,20). The molecule has 2 aliphatic rings. The van der Waals surface area contributed by atoms with Gasteiger partial charge in [0.05, 0.1) is 5.92 Å². The first-order chi connectivity index (χ1) is 9.74. The number of likely N-dealkylation sites (tertiary alicyclic amines) is 1. The Morgan fingerprint density at radius 2 is 2.10 bits per heavy atom. The molecule has 1 aliphatic heterocycles. The molecule has 2 heterocycles. The second-order valence-corrected chi connectivity index (χ2v) is 5.61. The van der Waals surface area contributed by atoms with Crippen molar-refractivity contribution >= 4 is 11.8 Å². The van der Waals surface area contributed by atoms with E-state index in [2.05, 4.69) is 10.3 Å². The van der Waals surface area contributed by atoms with E-state index in [1.807, 2.05) is 17.0 Å². The van der Waals surface area contributed by atoms with Crippen LogP contribution in [0.2, 0.25) is 0 Å². The summed E-state index contributed by atoms with van der Waals surface area (Å²) in [4.78, 5) is 29.9. The van der Waals surface area contributed by atoms with Crippen molar-refractivity contribution in [2.45, 2.75) is 38.3 Å². The highest BCUT2D eigenvalue weighted by Crippen LogP contribution is 2.30. The van der Waals surface area contributed by atoms with Gasteiger partial charge in [0.1, 0.15) is 0 Å². The molecule has 1 aromatic heterocycles. The fourth-order valence-electron chi connectivity index (χ4n) is 2.79. The Morgan fingerprint density at radius 1 is 1.35 bits per heavy atom. The molecule has 5 nitrogen and oxygen atoms in total. The minimum atomic E-state index is -0.190. The summed E-state index contributed by atoms with van der Waals surface area (Å²) in [5.74, 6) is -0.0688. The molecule has 0 aromatic carbocycles. The largest absolute Gasteiger partial charge is 0.352 e. The Kier molecular flexibility index (Phi) is 3.67. The first kappa shape index (κ1) is 13.1. The number of amides is 2. The number of nitrogens with zero attached hydrogens (tertiary/aromatic N) is 2. The van der Waals surface area contributed by atoms with Crippen LogP contribution in [-0.2, 0) is 16.1 Å². The third-order valence-corrected chi connectivity index (χ3v) is 4.26. The van der Waals surface area contributed by atoms with Gasteiger partial charge in [-0.2, -0.15) is 0 Å². The molecule has 3 rings (SSSR count). The molecule has 2 fully saturated rings. The summed E-state index contributed by atoms with van der Waals surface area (Å²) in [6, 6.07) is 4.14. The first-order valence-electron chi connectivity index (χ1n) is 7.20. The summed E-state index contributed by atoms with van der Waals surface area (Å²) in [5, 5.41) is 2.91. The minimum Gasteiger partial charge on any atom is -0.352 e. The van der Waals surface area contributed by atoms with Crippen molar-refractivity contribution in [2.24, 2.45) is 5.92 Å². The van der Waals surface area contributed by atoms with Crippen molar-refractivity contribution in [3.63, 3.8) is 0 Å². The zero-order valence-electron chi connectivity index (χ0n) is 11.4. The number of carbonyl (C=O) groups excluding carboxylic acids is 2. The zero-order chi connectivity index (χ0) is 13.9. The van der Waals surface area contributed by atoms with Gasteiger partial charge < -0.3 is 10.2 Å². The first-order valence-corrected chi connectivity index (χ1v) is 7.20. The lowest BCUT2D eigenvalue weighted by Gasteiger charge is -2.34. The number of aromatic nitrogens is 1. The van der Waals surface area contributed by atoms with Crippen LogP contribution in [0.1, 0.15) is 31.2 Å². The second-order valence-electron chi connectivity index (χ2n) is 5.61. The quantitative estimate of drug-likeness (QED) is 0.893.